The van der Waals surface area contributed by atoms with Crippen molar-refractivity contribution in [3.8, 4) is 0 Å². The van der Waals surface area contributed by atoms with Crippen LogP contribution in [0.3, 0.4) is 0 Å². The minimum Gasteiger partial charge on any atom is -0.480 e. The van der Waals surface area contributed by atoms with Crippen molar-refractivity contribution in [3.05, 3.63) is 29.0 Å². The first kappa shape index (κ1) is 16.7. The largest absolute Gasteiger partial charge is 0.480 e. The minimum atomic E-state index is -1.30. The molecule has 5 N–H and O–H groups in total. The van der Waals surface area contributed by atoms with Crippen molar-refractivity contribution in [1.29, 1.82) is 0 Å². The summed E-state index contributed by atoms with van der Waals surface area (Å²) in [7, 11) is 0. The summed E-state index contributed by atoms with van der Waals surface area (Å²) < 4.78 is 12.9. The number of benzene rings is 1. The summed E-state index contributed by atoms with van der Waals surface area (Å²) in [5.41, 5.74) is 5.11. The summed E-state index contributed by atoms with van der Waals surface area (Å²) in [6.07, 6.45) is -0.318. The molecule has 1 atom stereocenters. The number of primary amides is 1. The first-order valence-electron chi connectivity index (χ1n) is 5.83. The molecule has 7 nitrogen and oxygen atoms in total. The van der Waals surface area contributed by atoms with Crippen LogP contribution < -0.4 is 16.4 Å². The Bertz CT molecular complexity index is 567. The Morgan fingerprint density at radius 3 is 2.57 bits per heavy atom. The maximum Gasteiger partial charge on any atom is 0.326 e. The molecule has 3 amide bonds. The Kier molecular flexibility index (Phi) is 5.92. The Hall–Kier alpha value is -2.35. The van der Waals surface area contributed by atoms with E-state index >= 15 is 0 Å². The number of nitrogens with one attached hydrogen (secondary N) is 2. The number of aliphatic carboxylic acids is 1. The number of rotatable bonds is 6. The second kappa shape index (κ2) is 7.44. The van der Waals surface area contributed by atoms with Crippen LogP contribution >= 0.6 is 11.6 Å². The summed E-state index contributed by atoms with van der Waals surface area (Å²) in [5, 5.41) is 13.2. The number of carbonyl (C=O) groups is 3. The molecule has 9 heteroatoms. The van der Waals surface area contributed by atoms with Gasteiger partial charge in [-0.15, -0.1) is 0 Å². The van der Waals surface area contributed by atoms with Gasteiger partial charge in [-0.25, -0.2) is 14.0 Å². The monoisotopic (exact) mass is 317 g/mol. The van der Waals surface area contributed by atoms with Gasteiger partial charge in [-0.1, -0.05) is 11.6 Å². The summed E-state index contributed by atoms with van der Waals surface area (Å²) in [6.45, 7) is 0. The van der Waals surface area contributed by atoms with Crippen LogP contribution in [-0.2, 0) is 9.59 Å². The number of anilines is 1. The van der Waals surface area contributed by atoms with Crippen LogP contribution in [-0.4, -0.2) is 29.1 Å². The molecule has 0 aromatic heterocycles. The molecule has 0 radical (unpaired) electrons. The molecule has 114 valence electrons. The van der Waals surface area contributed by atoms with E-state index in [0.29, 0.717) is 0 Å². The van der Waals surface area contributed by atoms with Gasteiger partial charge in [0.25, 0.3) is 0 Å². The third-order valence-corrected chi connectivity index (χ3v) is 2.75. The van der Waals surface area contributed by atoms with E-state index in [4.69, 9.17) is 22.4 Å². The fraction of sp³-hybridized carbons (Fsp3) is 0.250. The number of hydrogen-bond donors (Lipinski definition) is 4. The van der Waals surface area contributed by atoms with Gasteiger partial charge < -0.3 is 21.5 Å². The van der Waals surface area contributed by atoms with E-state index < -0.39 is 29.8 Å². The lowest BCUT2D eigenvalue weighted by Crippen LogP contribution is -2.43. The normalized spacial score (nSPS) is 11.5. The van der Waals surface area contributed by atoms with E-state index in [1.165, 1.54) is 12.1 Å². The SMILES string of the molecule is NC(=O)CCC(NC(=O)Nc1ccc(F)c(Cl)c1)C(=O)O. The lowest BCUT2D eigenvalue weighted by atomic mass is 10.1. The van der Waals surface area contributed by atoms with Crippen LogP contribution in [0.1, 0.15) is 12.8 Å². The smallest absolute Gasteiger partial charge is 0.326 e. The molecular formula is C12H13ClFN3O4. The summed E-state index contributed by atoms with van der Waals surface area (Å²) in [6, 6.07) is 1.40. The summed E-state index contributed by atoms with van der Waals surface area (Å²) in [4.78, 5) is 33.2. The summed E-state index contributed by atoms with van der Waals surface area (Å²) in [5.74, 6) is -2.62. The van der Waals surface area contributed by atoms with Gasteiger partial charge in [-0.05, 0) is 24.6 Å². The molecule has 0 heterocycles. The number of urea groups is 1. The quantitative estimate of drug-likeness (QED) is 0.632. The molecule has 0 spiro atoms. The maximum absolute atomic E-state index is 12.9. The van der Waals surface area contributed by atoms with Crippen LogP contribution in [0.4, 0.5) is 14.9 Å². The van der Waals surface area contributed by atoms with Crippen LogP contribution in [0.2, 0.25) is 5.02 Å². The van der Waals surface area contributed by atoms with E-state index in [1.54, 1.807) is 0 Å². The van der Waals surface area contributed by atoms with Crippen LogP contribution in [0.5, 0.6) is 0 Å². The van der Waals surface area contributed by atoms with E-state index in [2.05, 4.69) is 10.6 Å². The highest BCUT2D eigenvalue weighted by atomic mass is 35.5. The van der Waals surface area contributed by atoms with Gasteiger partial charge in [0.05, 0.1) is 5.02 Å². The van der Waals surface area contributed by atoms with Crippen molar-refractivity contribution in [1.82, 2.24) is 5.32 Å². The molecule has 0 aliphatic heterocycles. The first-order chi connectivity index (χ1) is 9.79. The van der Waals surface area contributed by atoms with E-state index in [9.17, 15) is 18.8 Å². The molecule has 0 saturated heterocycles. The highest BCUT2D eigenvalue weighted by molar-refractivity contribution is 6.31. The number of nitrogens with two attached hydrogens (primary N) is 1. The summed E-state index contributed by atoms with van der Waals surface area (Å²) >= 11 is 5.55. The highest BCUT2D eigenvalue weighted by Crippen LogP contribution is 2.19. The number of carboxylic acids is 1. The Balaban J connectivity index is 2.62. The predicted molar refractivity (Wildman–Crippen MR) is 73.4 cm³/mol. The van der Waals surface area contributed by atoms with E-state index in [-0.39, 0.29) is 23.6 Å². The lowest BCUT2D eigenvalue weighted by Gasteiger charge is -2.14. The topological polar surface area (TPSA) is 122 Å². The molecule has 0 aliphatic carbocycles. The molecule has 0 aliphatic rings. The van der Waals surface area contributed by atoms with Crippen molar-refractivity contribution in [2.45, 2.75) is 18.9 Å². The Morgan fingerprint density at radius 1 is 1.38 bits per heavy atom. The molecule has 0 fully saturated rings. The van der Waals surface area contributed by atoms with Crippen molar-refractivity contribution in [2.75, 3.05) is 5.32 Å². The molecule has 1 rings (SSSR count). The highest BCUT2D eigenvalue weighted by Gasteiger charge is 2.20. The lowest BCUT2D eigenvalue weighted by molar-refractivity contribution is -0.139. The molecule has 0 bridgehead atoms. The fourth-order valence-electron chi connectivity index (χ4n) is 1.44. The molecule has 1 aromatic carbocycles. The predicted octanol–water partition coefficient (Wildman–Crippen LogP) is 1.32. The fourth-order valence-corrected chi connectivity index (χ4v) is 1.62. The van der Waals surface area contributed by atoms with Gasteiger partial charge in [0.15, 0.2) is 0 Å². The van der Waals surface area contributed by atoms with Crippen molar-refractivity contribution in [3.63, 3.8) is 0 Å². The minimum absolute atomic E-state index is 0.137. The van der Waals surface area contributed by atoms with E-state index in [0.717, 1.165) is 6.07 Å². The number of amides is 3. The van der Waals surface area contributed by atoms with Gasteiger partial charge in [0.2, 0.25) is 5.91 Å². The number of hydrogen-bond acceptors (Lipinski definition) is 3. The zero-order valence-electron chi connectivity index (χ0n) is 10.7. The first-order valence-corrected chi connectivity index (χ1v) is 6.21. The van der Waals surface area contributed by atoms with Crippen molar-refractivity contribution < 1.29 is 23.9 Å². The standard InChI is InChI=1S/C12H13ClFN3O4/c13-7-5-6(1-2-8(7)14)16-12(21)17-9(11(19)20)3-4-10(15)18/h1-2,5,9H,3-4H2,(H2,15,18)(H,19,20)(H2,16,17,21). The van der Waals surface area contributed by atoms with Gasteiger partial charge in [-0.2, -0.15) is 0 Å². The molecule has 1 unspecified atom stereocenters. The van der Waals surface area contributed by atoms with Crippen LogP contribution in [0.15, 0.2) is 18.2 Å². The molecular weight excluding hydrogens is 305 g/mol. The molecule has 21 heavy (non-hydrogen) atoms. The second-order valence-electron chi connectivity index (χ2n) is 4.12. The Morgan fingerprint density at radius 2 is 2.05 bits per heavy atom. The average Bonchev–Trinajstić information content (AvgIpc) is 2.38. The maximum atomic E-state index is 12.9. The van der Waals surface area contributed by atoms with Crippen LogP contribution in [0.25, 0.3) is 0 Å². The zero-order chi connectivity index (χ0) is 16.0. The van der Waals surface area contributed by atoms with E-state index in [1.807, 2.05) is 0 Å². The second-order valence-corrected chi connectivity index (χ2v) is 4.53. The number of carboxylic acid groups (broad SMARTS) is 1. The number of carbonyl (C=O) groups excluding carboxylic acids is 2. The van der Waals surface area contributed by atoms with Crippen molar-refractivity contribution in [2.24, 2.45) is 5.73 Å². The van der Waals surface area contributed by atoms with Gasteiger partial charge in [0, 0.05) is 12.1 Å². The molecule has 0 saturated carbocycles. The van der Waals surface area contributed by atoms with Gasteiger partial charge in [0.1, 0.15) is 11.9 Å². The third-order valence-electron chi connectivity index (χ3n) is 2.46. The zero-order valence-corrected chi connectivity index (χ0v) is 11.5. The third kappa shape index (κ3) is 5.65. The molecule has 1 aromatic rings. The van der Waals surface area contributed by atoms with Gasteiger partial charge >= 0.3 is 12.0 Å². The number of halogens is 2. The average molecular weight is 318 g/mol. The van der Waals surface area contributed by atoms with Gasteiger partial charge in [-0.3, -0.25) is 4.79 Å². The Labute approximate surface area is 124 Å². The van der Waals surface area contributed by atoms with Crippen LogP contribution in [0, 0.1) is 5.82 Å². The van der Waals surface area contributed by atoms with Crippen molar-refractivity contribution >= 4 is 35.2 Å².